The summed E-state index contributed by atoms with van der Waals surface area (Å²) in [5.41, 5.74) is 1.23. The summed E-state index contributed by atoms with van der Waals surface area (Å²) in [7, 11) is 0. The molecule has 1 aliphatic heterocycles. The highest BCUT2D eigenvalue weighted by Gasteiger charge is 2.29. The molecule has 3 rings (SSSR count). The van der Waals surface area contributed by atoms with Gasteiger partial charge in [0.25, 0.3) is 0 Å². The highest BCUT2D eigenvalue weighted by Crippen LogP contribution is 2.32. The minimum atomic E-state index is -0.0360. The van der Waals surface area contributed by atoms with Crippen molar-refractivity contribution < 1.29 is 4.79 Å². The number of carbonyl (C=O) groups excluding carboxylic acids is 1. The lowest BCUT2D eigenvalue weighted by molar-refractivity contribution is 0.192. The molecule has 6 heteroatoms. The summed E-state index contributed by atoms with van der Waals surface area (Å²) < 4.78 is 0. The number of nitrogens with one attached hydrogen (secondary N) is 1. The second kappa shape index (κ2) is 6.00. The molecule has 1 atom stereocenters. The third-order valence-electron chi connectivity index (χ3n) is 3.46. The van der Waals surface area contributed by atoms with Crippen LogP contribution >= 0.6 is 11.3 Å². The molecule has 104 valence electrons. The number of amides is 2. The molecule has 0 bridgehead atoms. The Morgan fingerprint density at radius 1 is 1.45 bits per heavy atom. The average molecular weight is 288 g/mol. The number of rotatable bonds is 3. The Kier molecular flexibility index (Phi) is 3.92. The first-order chi connectivity index (χ1) is 9.84. The second-order valence-electron chi connectivity index (χ2n) is 4.73. The number of urea groups is 1. The first-order valence-corrected chi connectivity index (χ1v) is 7.61. The zero-order chi connectivity index (χ0) is 13.8. The second-order valence-corrected chi connectivity index (χ2v) is 5.51. The van der Waals surface area contributed by atoms with Gasteiger partial charge in [0.1, 0.15) is 5.82 Å². The highest BCUT2D eigenvalue weighted by molar-refractivity contribution is 7.07. The Labute approximate surface area is 121 Å². The first-order valence-electron chi connectivity index (χ1n) is 6.67. The Balaban J connectivity index is 1.62. The van der Waals surface area contributed by atoms with Gasteiger partial charge in [-0.2, -0.15) is 11.3 Å². The number of hydrogen-bond acceptors (Lipinski definition) is 4. The molecule has 2 aromatic rings. The van der Waals surface area contributed by atoms with Crippen LogP contribution in [-0.2, 0) is 6.54 Å². The molecule has 0 spiro atoms. The summed E-state index contributed by atoms with van der Waals surface area (Å²) in [4.78, 5) is 22.4. The van der Waals surface area contributed by atoms with Gasteiger partial charge in [-0.1, -0.05) is 0 Å². The molecular formula is C14H16N4OS. The van der Waals surface area contributed by atoms with E-state index in [0.717, 1.165) is 19.4 Å². The molecule has 0 aromatic carbocycles. The van der Waals surface area contributed by atoms with Gasteiger partial charge >= 0.3 is 6.03 Å². The van der Waals surface area contributed by atoms with Crippen LogP contribution < -0.4 is 5.32 Å². The van der Waals surface area contributed by atoms with E-state index in [-0.39, 0.29) is 12.1 Å². The summed E-state index contributed by atoms with van der Waals surface area (Å²) in [6.07, 6.45) is 5.44. The number of hydrogen-bond donors (Lipinski definition) is 1. The van der Waals surface area contributed by atoms with Gasteiger partial charge in [-0.25, -0.2) is 14.8 Å². The van der Waals surface area contributed by atoms with Crippen molar-refractivity contribution in [3.63, 3.8) is 0 Å². The fraction of sp³-hybridized carbons (Fsp3) is 0.357. The molecule has 0 radical (unpaired) electrons. The van der Waals surface area contributed by atoms with Gasteiger partial charge in [0.15, 0.2) is 0 Å². The van der Waals surface area contributed by atoms with Gasteiger partial charge < -0.3 is 10.2 Å². The number of aromatic nitrogens is 2. The van der Waals surface area contributed by atoms with Crippen LogP contribution in [0.5, 0.6) is 0 Å². The predicted octanol–water partition coefficient (Wildman–Crippen LogP) is 2.58. The van der Waals surface area contributed by atoms with E-state index >= 15 is 0 Å². The quantitative estimate of drug-likeness (QED) is 0.944. The highest BCUT2D eigenvalue weighted by atomic mass is 32.1. The van der Waals surface area contributed by atoms with Gasteiger partial charge in [-0.3, -0.25) is 0 Å². The van der Waals surface area contributed by atoms with Crippen molar-refractivity contribution in [1.29, 1.82) is 0 Å². The minimum absolute atomic E-state index is 0.0360. The topological polar surface area (TPSA) is 58.1 Å². The van der Waals surface area contributed by atoms with E-state index in [1.54, 1.807) is 29.8 Å². The molecule has 5 nitrogen and oxygen atoms in total. The summed E-state index contributed by atoms with van der Waals surface area (Å²) in [6.45, 7) is 1.18. The summed E-state index contributed by atoms with van der Waals surface area (Å²) in [5, 5.41) is 7.08. The zero-order valence-electron chi connectivity index (χ0n) is 11.0. The fourth-order valence-corrected chi connectivity index (χ4v) is 3.21. The third-order valence-corrected chi connectivity index (χ3v) is 4.16. The number of thiophene rings is 1. The lowest BCUT2D eigenvalue weighted by Gasteiger charge is -2.24. The molecule has 1 aliphatic rings. The molecular weight excluding hydrogens is 272 g/mol. The molecule has 1 saturated heterocycles. The van der Waals surface area contributed by atoms with Crippen LogP contribution in [0.2, 0.25) is 0 Å². The third kappa shape index (κ3) is 2.80. The van der Waals surface area contributed by atoms with Crippen molar-refractivity contribution >= 4 is 17.4 Å². The van der Waals surface area contributed by atoms with Gasteiger partial charge in [0.2, 0.25) is 0 Å². The lowest BCUT2D eigenvalue weighted by Crippen LogP contribution is -2.39. The molecule has 3 heterocycles. The van der Waals surface area contributed by atoms with E-state index in [0.29, 0.717) is 12.4 Å². The first kappa shape index (κ1) is 13.1. The summed E-state index contributed by atoms with van der Waals surface area (Å²) >= 11 is 1.67. The summed E-state index contributed by atoms with van der Waals surface area (Å²) in [5.74, 6) is 0.632. The van der Waals surface area contributed by atoms with Gasteiger partial charge in [-0.05, 0) is 41.3 Å². The summed E-state index contributed by atoms with van der Waals surface area (Å²) in [6, 6.07) is 4.03. The molecule has 0 aliphatic carbocycles. The monoisotopic (exact) mass is 288 g/mol. The maximum atomic E-state index is 12.3. The SMILES string of the molecule is O=C(NCc1ncccn1)N1CCCC1c1ccsc1. The molecule has 0 saturated carbocycles. The van der Waals surface area contributed by atoms with Crippen LogP contribution in [0.25, 0.3) is 0 Å². The lowest BCUT2D eigenvalue weighted by atomic mass is 10.1. The standard InChI is InChI=1S/C14H16N4OS/c19-14(17-9-13-15-5-2-6-16-13)18-7-1-3-12(18)11-4-8-20-10-11/h2,4-6,8,10,12H,1,3,7,9H2,(H,17,19). The maximum Gasteiger partial charge on any atom is 0.318 e. The number of likely N-dealkylation sites (tertiary alicyclic amines) is 1. The largest absolute Gasteiger partial charge is 0.331 e. The van der Waals surface area contributed by atoms with E-state index < -0.39 is 0 Å². The molecule has 2 aromatic heterocycles. The molecule has 1 unspecified atom stereocenters. The molecule has 1 N–H and O–H groups in total. The van der Waals surface area contributed by atoms with Crippen LogP contribution in [0.15, 0.2) is 35.3 Å². The van der Waals surface area contributed by atoms with Crippen molar-refractivity contribution in [3.05, 3.63) is 46.7 Å². The molecule has 20 heavy (non-hydrogen) atoms. The van der Waals surface area contributed by atoms with Crippen molar-refractivity contribution in [2.24, 2.45) is 0 Å². The van der Waals surface area contributed by atoms with E-state index in [1.807, 2.05) is 4.90 Å². The van der Waals surface area contributed by atoms with Gasteiger partial charge in [0.05, 0.1) is 12.6 Å². The van der Waals surface area contributed by atoms with E-state index in [9.17, 15) is 4.79 Å². The normalized spacial score (nSPS) is 18.2. The predicted molar refractivity (Wildman–Crippen MR) is 77.3 cm³/mol. The van der Waals surface area contributed by atoms with E-state index in [2.05, 4.69) is 32.1 Å². The van der Waals surface area contributed by atoms with Crippen molar-refractivity contribution in [2.75, 3.05) is 6.54 Å². The van der Waals surface area contributed by atoms with Gasteiger partial charge in [0, 0.05) is 18.9 Å². The fourth-order valence-electron chi connectivity index (χ4n) is 2.50. The smallest absolute Gasteiger partial charge is 0.318 e. The van der Waals surface area contributed by atoms with Crippen LogP contribution in [0.3, 0.4) is 0 Å². The van der Waals surface area contributed by atoms with E-state index in [4.69, 9.17) is 0 Å². The molecule has 2 amide bonds. The van der Waals surface area contributed by atoms with Crippen molar-refractivity contribution in [1.82, 2.24) is 20.2 Å². The van der Waals surface area contributed by atoms with Gasteiger partial charge in [-0.15, -0.1) is 0 Å². The number of carbonyl (C=O) groups is 1. The van der Waals surface area contributed by atoms with Crippen LogP contribution in [0.4, 0.5) is 4.79 Å². The van der Waals surface area contributed by atoms with Crippen molar-refractivity contribution in [3.8, 4) is 0 Å². The van der Waals surface area contributed by atoms with Crippen LogP contribution in [0.1, 0.15) is 30.3 Å². The Hall–Kier alpha value is -1.95. The molecule has 1 fully saturated rings. The Morgan fingerprint density at radius 2 is 2.30 bits per heavy atom. The van der Waals surface area contributed by atoms with Crippen molar-refractivity contribution in [2.45, 2.75) is 25.4 Å². The zero-order valence-corrected chi connectivity index (χ0v) is 11.8. The van der Waals surface area contributed by atoms with E-state index in [1.165, 1.54) is 5.56 Å². The Morgan fingerprint density at radius 3 is 3.05 bits per heavy atom. The maximum absolute atomic E-state index is 12.3. The minimum Gasteiger partial charge on any atom is -0.331 e. The Bertz CT molecular complexity index is 558. The average Bonchev–Trinajstić information content (AvgIpc) is 3.15. The number of nitrogens with zero attached hydrogens (tertiary/aromatic N) is 3. The van der Waals surface area contributed by atoms with Crippen LogP contribution in [0, 0.1) is 0 Å². The van der Waals surface area contributed by atoms with Crippen LogP contribution in [-0.4, -0.2) is 27.4 Å².